The molecule has 1 aliphatic heterocycles. The quantitative estimate of drug-likeness (QED) is 0.300. The molecule has 1 fully saturated rings. The number of aromatic nitrogens is 1. The second-order valence-electron chi connectivity index (χ2n) is 8.51. The summed E-state index contributed by atoms with van der Waals surface area (Å²) in [5.74, 6) is 1.81. The number of carbonyl (C=O) groups excluding carboxylic acids is 1. The molecule has 1 amide bonds. The Morgan fingerprint density at radius 2 is 1.73 bits per heavy atom. The molecule has 5 rings (SSSR count). The molecule has 0 aliphatic carbocycles. The summed E-state index contributed by atoms with van der Waals surface area (Å²) in [4.78, 5) is 19.9. The highest BCUT2D eigenvalue weighted by Gasteiger charge is 2.26. The van der Waals surface area contributed by atoms with Crippen LogP contribution in [-0.2, 0) is 6.42 Å². The van der Waals surface area contributed by atoms with Gasteiger partial charge in [-0.1, -0.05) is 70.5 Å². The minimum Gasteiger partial charge on any atom is -0.436 e. The molecule has 1 aromatic heterocycles. The Hall–Kier alpha value is -3.18. The Morgan fingerprint density at radius 3 is 2.52 bits per heavy atom. The van der Waals surface area contributed by atoms with Crippen LogP contribution < -0.4 is 0 Å². The molecule has 1 saturated heterocycles. The van der Waals surface area contributed by atoms with Gasteiger partial charge in [0.2, 0.25) is 5.89 Å². The summed E-state index contributed by atoms with van der Waals surface area (Å²) in [5, 5.41) is 0. The number of oxazole rings is 1. The molecule has 4 nitrogen and oxygen atoms in total. The van der Waals surface area contributed by atoms with Gasteiger partial charge in [0.1, 0.15) is 0 Å². The molecule has 33 heavy (non-hydrogen) atoms. The number of rotatable bonds is 5. The third-order valence-corrected chi connectivity index (χ3v) is 6.76. The van der Waals surface area contributed by atoms with E-state index in [-0.39, 0.29) is 5.91 Å². The van der Waals surface area contributed by atoms with Crippen LogP contribution in [0.15, 0.2) is 93.9 Å². The van der Waals surface area contributed by atoms with Gasteiger partial charge in [-0.2, -0.15) is 0 Å². The van der Waals surface area contributed by atoms with E-state index in [0.717, 1.165) is 48.0 Å². The maximum atomic E-state index is 13.4. The number of halogens is 1. The second kappa shape index (κ2) is 9.75. The molecule has 166 valence electrons. The average molecular weight is 501 g/mol. The zero-order chi connectivity index (χ0) is 22.6. The molecule has 0 saturated carbocycles. The lowest BCUT2D eigenvalue weighted by molar-refractivity contribution is 0.0691. The number of benzene rings is 3. The minimum atomic E-state index is 0.0472. The molecule has 0 unspecified atom stereocenters. The van der Waals surface area contributed by atoms with Gasteiger partial charge in [-0.15, -0.1) is 0 Å². The van der Waals surface area contributed by atoms with Crippen molar-refractivity contribution in [2.45, 2.75) is 19.3 Å². The van der Waals surface area contributed by atoms with Crippen LogP contribution in [0.3, 0.4) is 0 Å². The molecule has 1 aliphatic rings. The number of likely N-dealkylation sites (tertiary alicyclic amines) is 1. The largest absolute Gasteiger partial charge is 0.436 e. The van der Waals surface area contributed by atoms with Crippen molar-refractivity contribution in [3.8, 4) is 22.8 Å². The van der Waals surface area contributed by atoms with Crippen LogP contribution in [0.25, 0.3) is 22.8 Å². The van der Waals surface area contributed by atoms with Crippen LogP contribution in [-0.4, -0.2) is 28.9 Å². The lowest BCUT2D eigenvalue weighted by atomic mass is 9.90. The van der Waals surface area contributed by atoms with E-state index in [1.165, 1.54) is 5.56 Å². The molecule has 0 atom stereocenters. The van der Waals surface area contributed by atoms with Gasteiger partial charge in [0.25, 0.3) is 5.91 Å². The Bertz CT molecular complexity index is 1240. The average Bonchev–Trinajstić information content (AvgIpc) is 3.35. The first-order chi connectivity index (χ1) is 16.2. The summed E-state index contributed by atoms with van der Waals surface area (Å²) >= 11 is 3.50. The normalized spacial score (nSPS) is 14.4. The Kier molecular flexibility index (Phi) is 6.40. The van der Waals surface area contributed by atoms with E-state index in [4.69, 9.17) is 4.42 Å². The van der Waals surface area contributed by atoms with E-state index >= 15 is 0 Å². The number of nitrogens with zero attached hydrogens (tertiary/aromatic N) is 2. The topological polar surface area (TPSA) is 46.3 Å². The van der Waals surface area contributed by atoms with Crippen LogP contribution in [0, 0.1) is 5.92 Å². The summed E-state index contributed by atoms with van der Waals surface area (Å²) in [5.41, 5.74) is 3.68. The molecule has 5 heteroatoms. The number of carbonyl (C=O) groups is 1. The fraction of sp³-hybridized carbons (Fsp3) is 0.214. The molecule has 0 spiro atoms. The fourth-order valence-corrected chi connectivity index (χ4v) is 4.89. The van der Waals surface area contributed by atoms with Crippen LogP contribution in [0.4, 0.5) is 0 Å². The molecule has 0 bridgehead atoms. The summed E-state index contributed by atoms with van der Waals surface area (Å²) in [6.45, 7) is 1.55. The van der Waals surface area contributed by atoms with Gasteiger partial charge in [0.15, 0.2) is 5.76 Å². The minimum absolute atomic E-state index is 0.0472. The second-order valence-corrected chi connectivity index (χ2v) is 9.43. The maximum absolute atomic E-state index is 13.4. The first kappa shape index (κ1) is 21.7. The van der Waals surface area contributed by atoms with Crippen LogP contribution >= 0.6 is 15.9 Å². The molecule has 3 aromatic carbocycles. The summed E-state index contributed by atoms with van der Waals surface area (Å²) in [6.07, 6.45) is 4.84. The molecule has 4 aromatic rings. The van der Waals surface area contributed by atoms with Crippen molar-refractivity contribution in [2.24, 2.45) is 5.92 Å². The molecular weight excluding hydrogens is 476 g/mol. The maximum Gasteiger partial charge on any atom is 0.254 e. The lowest BCUT2D eigenvalue weighted by Gasteiger charge is -2.32. The number of hydrogen-bond acceptors (Lipinski definition) is 3. The smallest absolute Gasteiger partial charge is 0.254 e. The predicted molar refractivity (Wildman–Crippen MR) is 134 cm³/mol. The summed E-state index contributed by atoms with van der Waals surface area (Å²) < 4.78 is 7.05. The first-order valence-electron chi connectivity index (χ1n) is 11.3. The monoisotopic (exact) mass is 500 g/mol. The number of hydrogen-bond donors (Lipinski definition) is 0. The zero-order valence-corrected chi connectivity index (χ0v) is 19.9. The van der Waals surface area contributed by atoms with Gasteiger partial charge in [-0.05, 0) is 55.0 Å². The van der Waals surface area contributed by atoms with Gasteiger partial charge in [0.05, 0.1) is 11.8 Å². The van der Waals surface area contributed by atoms with Gasteiger partial charge in [-0.25, -0.2) is 4.98 Å². The van der Waals surface area contributed by atoms with Crippen molar-refractivity contribution < 1.29 is 9.21 Å². The van der Waals surface area contributed by atoms with E-state index in [1.54, 1.807) is 6.20 Å². The predicted octanol–water partition coefficient (Wildman–Crippen LogP) is 6.87. The van der Waals surface area contributed by atoms with Gasteiger partial charge in [0, 0.05) is 28.7 Å². The van der Waals surface area contributed by atoms with Crippen molar-refractivity contribution >= 4 is 21.8 Å². The highest BCUT2D eigenvalue weighted by molar-refractivity contribution is 9.10. The first-order valence-corrected chi connectivity index (χ1v) is 12.1. The van der Waals surface area contributed by atoms with Crippen LogP contribution in [0.5, 0.6) is 0 Å². The van der Waals surface area contributed by atoms with Crippen molar-refractivity contribution in [3.63, 3.8) is 0 Å². The number of amides is 1. The Balaban J connectivity index is 1.31. The highest BCUT2D eigenvalue weighted by Crippen LogP contribution is 2.31. The van der Waals surface area contributed by atoms with Crippen molar-refractivity contribution in [3.05, 3.63) is 101 Å². The number of piperidine rings is 1. The molecular formula is C28H25BrN2O2. The third-order valence-electron chi connectivity index (χ3n) is 6.27. The van der Waals surface area contributed by atoms with Gasteiger partial charge in [-0.3, -0.25) is 4.79 Å². The van der Waals surface area contributed by atoms with Crippen molar-refractivity contribution in [1.29, 1.82) is 0 Å². The van der Waals surface area contributed by atoms with E-state index in [9.17, 15) is 4.79 Å². The standard InChI is InChI=1S/C28H25BrN2O2/c29-23-10-6-9-22(18-23)26-19-30-27(33-26)24-11-4-5-12-25(24)28(32)31-15-13-21(14-16-31)17-20-7-2-1-3-8-20/h1-12,18-19,21H,13-17H2. The fourth-order valence-electron chi connectivity index (χ4n) is 4.49. The van der Waals surface area contributed by atoms with Crippen LogP contribution in [0.2, 0.25) is 0 Å². The van der Waals surface area contributed by atoms with Crippen molar-refractivity contribution in [1.82, 2.24) is 9.88 Å². The summed E-state index contributed by atoms with van der Waals surface area (Å²) in [7, 11) is 0. The third kappa shape index (κ3) is 4.93. The van der Waals surface area contributed by atoms with Gasteiger partial charge < -0.3 is 9.32 Å². The highest BCUT2D eigenvalue weighted by atomic mass is 79.9. The van der Waals surface area contributed by atoms with Gasteiger partial charge >= 0.3 is 0 Å². The zero-order valence-electron chi connectivity index (χ0n) is 18.3. The summed E-state index contributed by atoms with van der Waals surface area (Å²) in [6, 6.07) is 26.1. The Morgan fingerprint density at radius 1 is 0.970 bits per heavy atom. The molecule has 0 N–H and O–H groups in total. The SMILES string of the molecule is O=C(c1ccccc1-c1ncc(-c2cccc(Br)c2)o1)N1CCC(Cc2ccccc2)CC1. The molecule has 0 radical (unpaired) electrons. The van der Waals surface area contributed by atoms with Crippen molar-refractivity contribution in [2.75, 3.05) is 13.1 Å². The van der Waals surface area contributed by atoms with E-state index in [0.29, 0.717) is 23.1 Å². The lowest BCUT2D eigenvalue weighted by Crippen LogP contribution is -2.39. The van der Waals surface area contributed by atoms with E-state index < -0.39 is 0 Å². The van der Waals surface area contributed by atoms with E-state index in [1.807, 2.05) is 53.4 Å². The van der Waals surface area contributed by atoms with Crippen LogP contribution in [0.1, 0.15) is 28.8 Å². The molecule has 2 heterocycles. The van der Waals surface area contributed by atoms with E-state index in [2.05, 4.69) is 51.2 Å². The Labute approximate surface area is 202 Å².